The Balaban J connectivity index is 0.000000316. The number of fused-ring (bicyclic) bond motifs is 1. The molecule has 5 nitrogen and oxygen atoms in total. The molecule has 0 atom stereocenters. The summed E-state index contributed by atoms with van der Waals surface area (Å²) in [5.41, 5.74) is 5.30. The van der Waals surface area contributed by atoms with E-state index in [1.807, 2.05) is 6.07 Å². The van der Waals surface area contributed by atoms with Crippen molar-refractivity contribution < 1.29 is 49.9 Å². The molecule has 6 heteroatoms. The van der Waals surface area contributed by atoms with Crippen LogP contribution in [0, 0.1) is 6.42 Å². The van der Waals surface area contributed by atoms with Gasteiger partial charge in [-0.2, -0.15) is 29.7 Å². The van der Waals surface area contributed by atoms with Crippen LogP contribution in [0.2, 0.25) is 0 Å². The van der Waals surface area contributed by atoms with Crippen molar-refractivity contribution in [2.45, 2.75) is 59.0 Å². The Morgan fingerprint density at radius 1 is 0.750 bits per heavy atom. The third-order valence-corrected chi connectivity index (χ3v) is 5.83. The van der Waals surface area contributed by atoms with Crippen molar-refractivity contribution in [2.75, 3.05) is 39.8 Å². The molecule has 0 radical (unpaired) electrons. The van der Waals surface area contributed by atoms with Crippen molar-refractivity contribution in [3.63, 3.8) is 0 Å². The first-order chi connectivity index (χ1) is 17.3. The van der Waals surface area contributed by atoms with Crippen molar-refractivity contribution in [3.8, 4) is 11.5 Å². The van der Waals surface area contributed by atoms with Gasteiger partial charge in [0.25, 0.3) is 0 Å². The second-order valence-corrected chi connectivity index (χ2v) is 8.75. The Morgan fingerprint density at radius 2 is 1.33 bits per heavy atom. The predicted molar refractivity (Wildman–Crippen MR) is 141 cm³/mol. The molecular formula is C30H41O5Zr-. The van der Waals surface area contributed by atoms with Gasteiger partial charge in [0.05, 0.1) is 33.0 Å². The summed E-state index contributed by atoms with van der Waals surface area (Å²) in [6.45, 7) is 8.47. The topological polar surface area (TPSA) is 46.2 Å². The van der Waals surface area contributed by atoms with Crippen LogP contribution in [0.3, 0.4) is 0 Å². The summed E-state index contributed by atoms with van der Waals surface area (Å²) in [6.07, 6.45) is 21.8. The first kappa shape index (κ1) is 30.6. The minimum Gasteiger partial charge on any atom is -0.454 e. The molecule has 0 amide bonds. The number of unbranched alkanes of at least 4 members (excludes halogenated alkanes) is 1. The minimum absolute atomic E-state index is 0. The van der Waals surface area contributed by atoms with Gasteiger partial charge in [-0.15, -0.1) is 12.2 Å². The number of allylic oxidation sites excluding steroid dienone is 8. The SMILES string of the molecule is C1=CCC([CH-]C2=CC=CC2)=C1.CCCCOCCOCCOCc1cc2c(cc1CCC)OCO2.[Zr]. The van der Waals surface area contributed by atoms with Crippen molar-refractivity contribution in [1.82, 2.24) is 0 Å². The number of rotatable bonds is 15. The van der Waals surface area contributed by atoms with Gasteiger partial charge in [0.1, 0.15) is 0 Å². The van der Waals surface area contributed by atoms with E-state index in [1.54, 1.807) is 0 Å². The minimum atomic E-state index is 0. The molecular weight excluding hydrogens is 532 g/mol. The first-order valence-corrected chi connectivity index (χ1v) is 13.0. The van der Waals surface area contributed by atoms with Gasteiger partial charge in [0, 0.05) is 32.8 Å². The molecule has 4 rings (SSSR count). The van der Waals surface area contributed by atoms with Crippen LogP contribution in [0.4, 0.5) is 0 Å². The van der Waals surface area contributed by atoms with Crippen LogP contribution in [0.5, 0.6) is 11.5 Å². The van der Waals surface area contributed by atoms with Crippen LogP contribution >= 0.6 is 0 Å². The first-order valence-electron chi connectivity index (χ1n) is 13.0. The predicted octanol–water partition coefficient (Wildman–Crippen LogP) is 6.68. The summed E-state index contributed by atoms with van der Waals surface area (Å²) in [5, 5.41) is 0. The van der Waals surface area contributed by atoms with Crippen LogP contribution in [0.25, 0.3) is 0 Å². The van der Waals surface area contributed by atoms with E-state index in [-0.39, 0.29) is 26.2 Å². The van der Waals surface area contributed by atoms with Crippen LogP contribution in [0.15, 0.2) is 59.7 Å². The fourth-order valence-corrected chi connectivity index (χ4v) is 3.91. The number of benzene rings is 1. The van der Waals surface area contributed by atoms with Crippen molar-refractivity contribution >= 4 is 0 Å². The Labute approximate surface area is 236 Å². The fourth-order valence-electron chi connectivity index (χ4n) is 3.91. The molecule has 1 aromatic carbocycles. The van der Waals surface area contributed by atoms with Gasteiger partial charge in [-0.05, 0) is 48.9 Å². The summed E-state index contributed by atoms with van der Waals surface area (Å²) in [6, 6.07) is 4.12. The van der Waals surface area contributed by atoms with E-state index in [0.29, 0.717) is 39.8 Å². The second kappa shape index (κ2) is 18.6. The Morgan fingerprint density at radius 3 is 1.89 bits per heavy atom. The average molecular weight is 573 g/mol. The van der Waals surface area contributed by atoms with E-state index >= 15 is 0 Å². The molecule has 3 aliphatic rings. The third-order valence-electron chi connectivity index (χ3n) is 5.83. The normalized spacial score (nSPS) is 14.7. The summed E-state index contributed by atoms with van der Waals surface area (Å²) in [7, 11) is 0. The largest absolute Gasteiger partial charge is 0.454 e. The summed E-state index contributed by atoms with van der Waals surface area (Å²) in [5.74, 6) is 1.66. The molecule has 0 saturated carbocycles. The van der Waals surface area contributed by atoms with E-state index in [2.05, 4.69) is 62.8 Å². The maximum Gasteiger partial charge on any atom is 0.231 e. The third kappa shape index (κ3) is 11.2. The van der Waals surface area contributed by atoms with Gasteiger partial charge in [-0.1, -0.05) is 38.8 Å². The van der Waals surface area contributed by atoms with Gasteiger partial charge < -0.3 is 23.7 Å². The zero-order valence-electron chi connectivity index (χ0n) is 21.9. The average Bonchev–Trinajstić information content (AvgIpc) is 3.65. The molecule has 1 aliphatic heterocycles. The standard InChI is InChI=1S/C19H30O5.C11H11.Zr/c1-3-5-7-20-8-9-21-10-11-22-14-17-13-19-18(23-15-24-19)12-16(17)6-4-2;1-2-6-10(5-1)9-11-7-3-4-8-11;/h12-13H,3-11,14-15H2,1-2H3;1-5,7,9H,6,8H2;/q;-1;. The maximum absolute atomic E-state index is 5.75. The molecule has 36 heavy (non-hydrogen) atoms. The zero-order valence-corrected chi connectivity index (χ0v) is 24.4. The van der Waals surface area contributed by atoms with Crippen molar-refractivity contribution in [2.24, 2.45) is 0 Å². The zero-order chi connectivity index (χ0) is 24.6. The van der Waals surface area contributed by atoms with E-state index in [1.165, 1.54) is 22.3 Å². The van der Waals surface area contributed by atoms with Gasteiger partial charge in [0.15, 0.2) is 11.5 Å². The molecule has 0 saturated heterocycles. The summed E-state index contributed by atoms with van der Waals surface area (Å²) >= 11 is 0. The molecule has 0 spiro atoms. The van der Waals surface area contributed by atoms with Crippen LogP contribution < -0.4 is 9.47 Å². The molecule has 0 N–H and O–H groups in total. The molecule has 2 aliphatic carbocycles. The molecule has 0 bridgehead atoms. The molecule has 1 aromatic rings. The van der Waals surface area contributed by atoms with Gasteiger partial charge in [0.2, 0.25) is 6.79 Å². The van der Waals surface area contributed by atoms with E-state index in [0.717, 1.165) is 56.6 Å². The molecule has 0 aromatic heterocycles. The van der Waals surface area contributed by atoms with Gasteiger partial charge in [-0.3, -0.25) is 0 Å². The van der Waals surface area contributed by atoms with E-state index in [4.69, 9.17) is 23.7 Å². The Hall–Kier alpha value is -1.59. The number of ether oxygens (including phenoxy) is 5. The van der Waals surface area contributed by atoms with Gasteiger partial charge in [-0.25, -0.2) is 0 Å². The monoisotopic (exact) mass is 571 g/mol. The Bertz CT molecular complexity index is 860. The van der Waals surface area contributed by atoms with Crippen LogP contribution in [-0.2, 0) is 53.4 Å². The number of hydrogen-bond donors (Lipinski definition) is 0. The molecule has 1 heterocycles. The molecule has 0 unspecified atom stereocenters. The number of aryl methyl sites for hydroxylation is 1. The van der Waals surface area contributed by atoms with Crippen LogP contribution in [0.1, 0.15) is 57.1 Å². The van der Waals surface area contributed by atoms with Crippen LogP contribution in [-0.4, -0.2) is 39.8 Å². The summed E-state index contributed by atoms with van der Waals surface area (Å²) in [4.78, 5) is 0. The van der Waals surface area contributed by atoms with Gasteiger partial charge >= 0.3 is 0 Å². The smallest absolute Gasteiger partial charge is 0.231 e. The fraction of sp³-hybridized carbons (Fsp3) is 0.500. The quantitative estimate of drug-likeness (QED) is 0.173. The summed E-state index contributed by atoms with van der Waals surface area (Å²) < 4.78 is 27.6. The van der Waals surface area contributed by atoms with Crippen molar-refractivity contribution in [1.29, 1.82) is 0 Å². The Kier molecular flexibility index (Phi) is 15.9. The van der Waals surface area contributed by atoms with Crippen molar-refractivity contribution in [3.05, 3.63) is 77.3 Å². The van der Waals surface area contributed by atoms with E-state index in [9.17, 15) is 0 Å². The maximum atomic E-state index is 5.75. The second-order valence-electron chi connectivity index (χ2n) is 8.75. The number of hydrogen-bond acceptors (Lipinski definition) is 5. The molecule has 196 valence electrons. The van der Waals surface area contributed by atoms with E-state index < -0.39 is 0 Å². The molecule has 0 fully saturated rings.